The van der Waals surface area contributed by atoms with Gasteiger partial charge in [0.1, 0.15) is 12.6 Å². The van der Waals surface area contributed by atoms with Crippen molar-refractivity contribution in [3.8, 4) is 0 Å². The maximum absolute atomic E-state index is 14.5. The number of amides is 2. The molecular weight excluding hydrogens is 638 g/mol. The first-order valence-corrected chi connectivity index (χ1v) is 18.1. The minimum Gasteiger partial charge on any atom is -0.354 e. The molecule has 2 amide bonds. The zero-order chi connectivity index (χ0) is 33.3. The average molecular weight is 678 g/mol. The SMILES string of the molecule is CSc1ccc(S(=O)(=O)N(CC(=O)N(Cc2ccc(Cl)cc2)[C@H](Cc2ccccc2)C(=O)NCC(C)C)c2ccc(C)cc2)cc1. The van der Waals surface area contributed by atoms with Crippen molar-refractivity contribution in [2.45, 2.75) is 49.6 Å². The van der Waals surface area contributed by atoms with E-state index in [4.69, 9.17) is 11.6 Å². The minimum absolute atomic E-state index is 0.0680. The molecule has 7 nitrogen and oxygen atoms in total. The van der Waals surface area contributed by atoms with E-state index in [-0.39, 0.29) is 29.7 Å². The first kappa shape index (κ1) is 35.1. The molecule has 0 bridgehead atoms. The lowest BCUT2D eigenvalue weighted by molar-refractivity contribution is -0.140. The van der Waals surface area contributed by atoms with Crippen molar-refractivity contribution in [3.63, 3.8) is 0 Å². The van der Waals surface area contributed by atoms with Gasteiger partial charge in [-0.3, -0.25) is 13.9 Å². The van der Waals surface area contributed by atoms with Crippen LogP contribution in [0.4, 0.5) is 5.69 Å². The van der Waals surface area contributed by atoms with E-state index >= 15 is 0 Å². The van der Waals surface area contributed by atoms with Crippen molar-refractivity contribution < 1.29 is 18.0 Å². The highest BCUT2D eigenvalue weighted by molar-refractivity contribution is 7.98. The Bertz CT molecular complexity index is 1700. The number of benzene rings is 4. The molecule has 0 unspecified atom stereocenters. The summed E-state index contributed by atoms with van der Waals surface area (Å²) in [5, 5.41) is 3.55. The average Bonchev–Trinajstić information content (AvgIpc) is 3.05. The Morgan fingerprint density at radius 3 is 2.07 bits per heavy atom. The van der Waals surface area contributed by atoms with Gasteiger partial charge >= 0.3 is 0 Å². The lowest BCUT2D eigenvalue weighted by atomic mass is 10.0. The highest BCUT2D eigenvalue weighted by Gasteiger charge is 2.34. The van der Waals surface area contributed by atoms with E-state index in [0.29, 0.717) is 17.3 Å². The van der Waals surface area contributed by atoms with Crippen molar-refractivity contribution in [2.24, 2.45) is 5.92 Å². The van der Waals surface area contributed by atoms with E-state index in [2.05, 4.69) is 5.32 Å². The van der Waals surface area contributed by atoms with E-state index in [9.17, 15) is 18.0 Å². The standard InChI is InChI=1S/C36H40ClN3O4S2/c1-26(2)23-38-36(42)34(22-28-8-6-5-7-9-28)39(24-29-12-14-30(37)15-13-29)35(41)25-40(31-16-10-27(3)11-17-31)46(43,44)33-20-18-32(45-4)19-21-33/h5-21,26,34H,22-25H2,1-4H3,(H,38,42)/t34-/m1/s1. The third-order valence-corrected chi connectivity index (χ3v) is 10.3. The summed E-state index contributed by atoms with van der Waals surface area (Å²) in [6.07, 6.45) is 2.16. The predicted molar refractivity (Wildman–Crippen MR) is 188 cm³/mol. The van der Waals surface area contributed by atoms with Gasteiger partial charge in [-0.15, -0.1) is 11.8 Å². The molecular formula is C36H40ClN3O4S2. The van der Waals surface area contributed by atoms with Gasteiger partial charge in [0.05, 0.1) is 10.6 Å². The molecule has 1 N–H and O–H groups in total. The number of thioether (sulfide) groups is 1. The molecule has 46 heavy (non-hydrogen) atoms. The fourth-order valence-electron chi connectivity index (χ4n) is 4.88. The molecule has 0 radical (unpaired) electrons. The Morgan fingerprint density at radius 1 is 0.848 bits per heavy atom. The predicted octanol–water partition coefficient (Wildman–Crippen LogP) is 6.98. The Labute approximate surface area is 282 Å². The van der Waals surface area contributed by atoms with Crippen molar-refractivity contribution in [1.29, 1.82) is 0 Å². The number of nitrogens with zero attached hydrogens (tertiary/aromatic N) is 2. The number of anilines is 1. The smallest absolute Gasteiger partial charge is 0.264 e. The van der Waals surface area contributed by atoms with Crippen molar-refractivity contribution >= 4 is 50.9 Å². The lowest BCUT2D eigenvalue weighted by Crippen LogP contribution is -2.53. The third kappa shape index (κ3) is 9.37. The van der Waals surface area contributed by atoms with Gasteiger partial charge in [0.2, 0.25) is 11.8 Å². The number of nitrogens with one attached hydrogen (secondary N) is 1. The van der Waals surface area contributed by atoms with Crippen LogP contribution >= 0.6 is 23.4 Å². The van der Waals surface area contributed by atoms with Gasteiger partial charge in [0.25, 0.3) is 10.0 Å². The number of hydrogen-bond acceptors (Lipinski definition) is 5. The number of rotatable bonds is 14. The summed E-state index contributed by atoms with van der Waals surface area (Å²) >= 11 is 7.67. The largest absolute Gasteiger partial charge is 0.354 e. The summed E-state index contributed by atoms with van der Waals surface area (Å²) in [5.41, 5.74) is 2.93. The number of hydrogen-bond donors (Lipinski definition) is 1. The molecule has 0 aliphatic heterocycles. The molecule has 0 saturated heterocycles. The molecule has 0 saturated carbocycles. The topological polar surface area (TPSA) is 86.8 Å². The molecule has 4 aromatic carbocycles. The number of carbonyl (C=O) groups is 2. The fraction of sp³-hybridized carbons (Fsp3) is 0.278. The normalized spacial score (nSPS) is 12.0. The monoisotopic (exact) mass is 677 g/mol. The molecule has 4 aromatic rings. The number of aryl methyl sites for hydroxylation is 1. The van der Waals surface area contributed by atoms with Crippen molar-refractivity contribution in [3.05, 3.63) is 125 Å². The van der Waals surface area contributed by atoms with E-state index in [1.807, 2.05) is 69.5 Å². The van der Waals surface area contributed by atoms with E-state index < -0.39 is 28.5 Å². The lowest BCUT2D eigenvalue weighted by Gasteiger charge is -2.34. The molecule has 1 atom stereocenters. The molecule has 10 heteroatoms. The van der Waals surface area contributed by atoms with Gasteiger partial charge in [0, 0.05) is 29.4 Å². The first-order valence-electron chi connectivity index (χ1n) is 15.1. The van der Waals surface area contributed by atoms with Crippen LogP contribution in [0.15, 0.2) is 113 Å². The van der Waals surface area contributed by atoms with Crippen molar-refractivity contribution in [2.75, 3.05) is 23.7 Å². The maximum atomic E-state index is 14.5. The third-order valence-electron chi connectivity index (χ3n) is 7.47. The molecule has 0 aliphatic rings. The second-order valence-electron chi connectivity index (χ2n) is 11.5. The Kier molecular flexibility index (Phi) is 12.3. The molecule has 4 rings (SSSR count). The van der Waals surface area contributed by atoms with Crippen LogP contribution < -0.4 is 9.62 Å². The molecule has 0 fully saturated rings. The summed E-state index contributed by atoms with van der Waals surface area (Å²) in [7, 11) is -4.17. The zero-order valence-corrected chi connectivity index (χ0v) is 28.9. The number of carbonyl (C=O) groups excluding carboxylic acids is 2. The molecule has 0 aromatic heterocycles. The molecule has 0 heterocycles. The van der Waals surface area contributed by atoms with E-state index in [1.165, 1.54) is 16.7 Å². The zero-order valence-electron chi connectivity index (χ0n) is 26.5. The van der Waals surface area contributed by atoms with Crippen LogP contribution in [0.2, 0.25) is 5.02 Å². The van der Waals surface area contributed by atoms with Crippen LogP contribution in [0.5, 0.6) is 0 Å². The van der Waals surface area contributed by atoms with Gasteiger partial charge in [-0.2, -0.15) is 0 Å². The number of sulfonamides is 1. The molecule has 0 spiro atoms. The van der Waals surface area contributed by atoms with Crippen molar-refractivity contribution in [1.82, 2.24) is 10.2 Å². The van der Waals surface area contributed by atoms with Gasteiger partial charge in [-0.1, -0.05) is 85.6 Å². The quantitative estimate of drug-likeness (QED) is 0.146. The Morgan fingerprint density at radius 2 is 1.48 bits per heavy atom. The maximum Gasteiger partial charge on any atom is 0.264 e. The van der Waals surface area contributed by atoms with Crippen LogP contribution in [-0.2, 0) is 32.6 Å². The van der Waals surface area contributed by atoms with Gasteiger partial charge in [0.15, 0.2) is 0 Å². The minimum atomic E-state index is -4.17. The second kappa shape index (κ2) is 16.2. The Hall–Kier alpha value is -3.79. The summed E-state index contributed by atoms with van der Waals surface area (Å²) < 4.78 is 29.5. The van der Waals surface area contributed by atoms with Crippen LogP contribution in [0.1, 0.15) is 30.5 Å². The van der Waals surface area contributed by atoms with E-state index in [1.54, 1.807) is 60.7 Å². The van der Waals surface area contributed by atoms with Crippen LogP contribution in [0, 0.1) is 12.8 Å². The van der Waals surface area contributed by atoms with Gasteiger partial charge in [-0.05, 0) is 78.8 Å². The number of halogens is 1. The summed E-state index contributed by atoms with van der Waals surface area (Å²) in [6, 6.07) is 29.2. The summed E-state index contributed by atoms with van der Waals surface area (Å²) in [5.74, 6) is -0.626. The summed E-state index contributed by atoms with van der Waals surface area (Å²) in [4.78, 5) is 30.9. The molecule has 0 aliphatic carbocycles. The first-order chi connectivity index (χ1) is 22.0. The highest BCUT2D eigenvalue weighted by Crippen LogP contribution is 2.27. The molecule has 242 valence electrons. The van der Waals surface area contributed by atoms with Gasteiger partial charge in [-0.25, -0.2) is 8.42 Å². The van der Waals surface area contributed by atoms with Gasteiger partial charge < -0.3 is 10.2 Å². The van der Waals surface area contributed by atoms with Crippen LogP contribution in [0.3, 0.4) is 0 Å². The van der Waals surface area contributed by atoms with Crippen LogP contribution in [0.25, 0.3) is 0 Å². The highest BCUT2D eigenvalue weighted by atomic mass is 35.5. The Balaban J connectivity index is 1.79. The second-order valence-corrected chi connectivity index (χ2v) is 14.7. The fourth-order valence-corrected chi connectivity index (χ4v) is 6.83. The summed E-state index contributed by atoms with van der Waals surface area (Å²) in [6.45, 7) is 5.91. The van der Waals surface area contributed by atoms with Crippen LogP contribution in [-0.4, -0.2) is 50.5 Å². The van der Waals surface area contributed by atoms with E-state index in [0.717, 1.165) is 25.9 Å².